The van der Waals surface area contributed by atoms with Crippen LogP contribution in [-0.4, -0.2) is 17.0 Å². The molecule has 2 nitrogen and oxygen atoms in total. The molecule has 0 heterocycles. The molecule has 2 rings (SSSR count). The lowest BCUT2D eigenvalue weighted by Gasteiger charge is -2.40. The summed E-state index contributed by atoms with van der Waals surface area (Å²) in [6, 6.07) is 0. The Morgan fingerprint density at radius 1 is 1.33 bits per heavy atom. The van der Waals surface area contributed by atoms with Gasteiger partial charge in [-0.05, 0) is 50.9 Å². The zero-order chi connectivity index (χ0) is 11.0. The minimum Gasteiger partial charge on any atom is -0.385 e. The smallest absolute Gasteiger partial charge is 0.164 e. The number of carbonyl (C=O) groups is 1. The molecule has 0 aromatic carbocycles. The van der Waals surface area contributed by atoms with Crippen molar-refractivity contribution in [1.82, 2.24) is 0 Å². The summed E-state index contributed by atoms with van der Waals surface area (Å²) in [6.45, 7) is 6.10. The summed E-state index contributed by atoms with van der Waals surface area (Å²) in [5.74, 6) is 1.36. The second kappa shape index (κ2) is 4.09. The molecule has 0 aliphatic heterocycles. The first-order valence-corrected chi connectivity index (χ1v) is 5.96. The van der Waals surface area contributed by atoms with Gasteiger partial charge in [-0.15, -0.1) is 0 Å². The molecule has 0 aromatic rings. The molecule has 4 atom stereocenters. The maximum absolute atomic E-state index is 11.8. The molecule has 2 saturated carbocycles. The van der Waals surface area contributed by atoms with Crippen molar-refractivity contribution in [1.29, 1.82) is 0 Å². The van der Waals surface area contributed by atoms with Gasteiger partial charge >= 0.3 is 0 Å². The molecule has 84 valence electrons. The van der Waals surface area contributed by atoms with Crippen molar-refractivity contribution in [2.24, 2.45) is 17.8 Å². The summed E-state index contributed by atoms with van der Waals surface area (Å²) in [4.78, 5) is 11.8. The molecule has 2 aliphatic carbocycles. The van der Waals surface area contributed by atoms with E-state index in [1.54, 1.807) is 0 Å². The summed E-state index contributed by atoms with van der Waals surface area (Å²) in [7, 11) is 0. The van der Waals surface area contributed by atoms with Gasteiger partial charge in [-0.3, -0.25) is 4.79 Å². The molecule has 2 heteroatoms. The van der Waals surface area contributed by atoms with Gasteiger partial charge in [0.1, 0.15) is 6.10 Å². The van der Waals surface area contributed by atoms with Crippen LogP contribution in [0.5, 0.6) is 0 Å². The van der Waals surface area contributed by atoms with Crippen LogP contribution >= 0.6 is 0 Å². The van der Waals surface area contributed by atoms with Crippen molar-refractivity contribution in [2.45, 2.75) is 45.1 Å². The van der Waals surface area contributed by atoms with Crippen LogP contribution in [0.2, 0.25) is 0 Å². The van der Waals surface area contributed by atoms with Crippen molar-refractivity contribution in [3.8, 4) is 0 Å². The lowest BCUT2D eigenvalue weighted by Crippen LogP contribution is -2.41. The fourth-order valence-electron chi connectivity index (χ4n) is 3.17. The zero-order valence-corrected chi connectivity index (χ0v) is 9.41. The largest absolute Gasteiger partial charge is 0.385 e. The Kier molecular flexibility index (Phi) is 2.96. The number of aliphatic hydroxyl groups excluding tert-OH is 1. The predicted molar refractivity (Wildman–Crippen MR) is 59.4 cm³/mol. The topological polar surface area (TPSA) is 37.3 Å². The highest BCUT2D eigenvalue weighted by Crippen LogP contribution is 2.42. The minimum atomic E-state index is -0.673. The zero-order valence-electron chi connectivity index (χ0n) is 9.41. The van der Waals surface area contributed by atoms with E-state index in [9.17, 15) is 9.90 Å². The standard InChI is InChI=1S/C13H20O2/c1-8(2)9-3-5-11-10(7-9)4-6-12(14)13(11)15/h9-12,14H,1,3-7H2,2H3. The number of Topliss-reactive ketones (excluding diaryl/α,β-unsaturated/α-hetero) is 1. The number of fused-ring (bicyclic) bond motifs is 1. The fourth-order valence-corrected chi connectivity index (χ4v) is 3.17. The molecule has 0 saturated heterocycles. The van der Waals surface area contributed by atoms with E-state index in [1.807, 2.05) is 0 Å². The number of hydrogen-bond acceptors (Lipinski definition) is 2. The Hall–Kier alpha value is -0.630. The lowest BCUT2D eigenvalue weighted by atomic mass is 9.65. The second-order valence-corrected chi connectivity index (χ2v) is 5.22. The van der Waals surface area contributed by atoms with E-state index in [4.69, 9.17) is 0 Å². The molecule has 15 heavy (non-hydrogen) atoms. The van der Waals surface area contributed by atoms with Gasteiger partial charge < -0.3 is 5.11 Å². The molecule has 2 fully saturated rings. The maximum Gasteiger partial charge on any atom is 0.164 e. The van der Waals surface area contributed by atoms with Crippen molar-refractivity contribution in [3.63, 3.8) is 0 Å². The second-order valence-electron chi connectivity index (χ2n) is 5.22. The van der Waals surface area contributed by atoms with E-state index >= 15 is 0 Å². The van der Waals surface area contributed by atoms with Gasteiger partial charge in [-0.25, -0.2) is 0 Å². The monoisotopic (exact) mass is 208 g/mol. The van der Waals surface area contributed by atoms with E-state index in [0.29, 0.717) is 18.3 Å². The highest BCUT2D eigenvalue weighted by atomic mass is 16.3. The van der Waals surface area contributed by atoms with E-state index < -0.39 is 6.10 Å². The number of aliphatic hydroxyl groups is 1. The van der Waals surface area contributed by atoms with Gasteiger partial charge in [0, 0.05) is 5.92 Å². The van der Waals surface area contributed by atoms with Crippen molar-refractivity contribution in [3.05, 3.63) is 12.2 Å². The van der Waals surface area contributed by atoms with E-state index in [0.717, 1.165) is 25.7 Å². The molecule has 0 spiro atoms. The summed E-state index contributed by atoms with van der Waals surface area (Å²) in [5.41, 5.74) is 1.26. The van der Waals surface area contributed by atoms with Crippen LogP contribution in [-0.2, 0) is 4.79 Å². The highest BCUT2D eigenvalue weighted by Gasteiger charge is 2.40. The van der Waals surface area contributed by atoms with Crippen LogP contribution in [0.25, 0.3) is 0 Å². The van der Waals surface area contributed by atoms with E-state index in [-0.39, 0.29) is 11.7 Å². The van der Waals surface area contributed by atoms with Crippen LogP contribution in [0.4, 0.5) is 0 Å². The normalized spacial score (nSPS) is 41.1. The average molecular weight is 208 g/mol. The first-order valence-electron chi connectivity index (χ1n) is 5.96. The van der Waals surface area contributed by atoms with Gasteiger partial charge in [0.05, 0.1) is 0 Å². The SMILES string of the molecule is C=C(C)C1CCC2C(=O)C(O)CCC2C1. The third-order valence-electron chi connectivity index (χ3n) is 4.18. The number of allylic oxidation sites excluding steroid dienone is 1. The van der Waals surface area contributed by atoms with Gasteiger partial charge in [0.25, 0.3) is 0 Å². The molecule has 0 radical (unpaired) electrons. The van der Waals surface area contributed by atoms with E-state index in [2.05, 4.69) is 13.5 Å². The molecular formula is C13H20O2. The molecule has 0 bridgehead atoms. The number of hydrogen-bond donors (Lipinski definition) is 1. The molecule has 1 N–H and O–H groups in total. The van der Waals surface area contributed by atoms with Crippen LogP contribution in [0.1, 0.15) is 39.0 Å². The Labute approximate surface area is 91.4 Å². The quantitative estimate of drug-likeness (QED) is 0.671. The van der Waals surface area contributed by atoms with Gasteiger partial charge in [-0.2, -0.15) is 0 Å². The molecule has 0 amide bonds. The van der Waals surface area contributed by atoms with Crippen LogP contribution in [0, 0.1) is 17.8 Å². The minimum absolute atomic E-state index is 0.103. The molecule has 4 unspecified atom stereocenters. The van der Waals surface area contributed by atoms with Crippen molar-refractivity contribution in [2.75, 3.05) is 0 Å². The Morgan fingerprint density at radius 2 is 2.07 bits per heavy atom. The fraction of sp³-hybridized carbons (Fsp3) is 0.769. The summed E-state index contributed by atoms with van der Waals surface area (Å²) >= 11 is 0. The number of rotatable bonds is 1. The predicted octanol–water partition coefficient (Wildman–Crippen LogP) is 2.32. The maximum atomic E-state index is 11.8. The molecular weight excluding hydrogens is 188 g/mol. The lowest BCUT2D eigenvalue weighted by molar-refractivity contribution is -0.138. The molecule has 2 aliphatic rings. The Balaban J connectivity index is 2.05. The molecule has 0 aromatic heterocycles. The third kappa shape index (κ3) is 2.00. The highest BCUT2D eigenvalue weighted by molar-refractivity contribution is 5.86. The summed E-state index contributed by atoms with van der Waals surface area (Å²) in [6.07, 6.45) is 4.16. The first-order chi connectivity index (χ1) is 7.09. The number of ketones is 1. The first kappa shape index (κ1) is 10.9. The van der Waals surface area contributed by atoms with Gasteiger partial charge in [-0.1, -0.05) is 12.2 Å². The summed E-state index contributed by atoms with van der Waals surface area (Å²) < 4.78 is 0. The Morgan fingerprint density at radius 3 is 2.73 bits per heavy atom. The van der Waals surface area contributed by atoms with Crippen molar-refractivity contribution >= 4 is 5.78 Å². The number of carbonyl (C=O) groups excluding carboxylic acids is 1. The third-order valence-corrected chi connectivity index (χ3v) is 4.18. The van der Waals surface area contributed by atoms with E-state index in [1.165, 1.54) is 5.57 Å². The Bertz CT molecular complexity index is 282. The van der Waals surface area contributed by atoms with Gasteiger partial charge in [0.2, 0.25) is 0 Å². The van der Waals surface area contributed by atoms with Gasteiger partial charge in [0.15, 0.2) is 5.78 Å². The van der Waals surface area contributed by atoms with Crippen LogP contribution in [0.15, 0.2) is 12.2 Å². The van der Waals surface area contributed by atoms with Crippen molar-refractivity contribution < 1.29 is 9.90 Å². The summed E-state index contributed by atoms with van der Waals surface area (Å²) in [5, 5.41) is 9.52. The van der Waals surface area contributed by atoms with Crippen LogP contribution in [0.3, 0.4) is 0 Å². The van der Waals surface area contributed by atoms with Crippen LogP contribution < -0.4 is 0 Å². The average Bonchev–Trinajstić information content (AvgIpc) is 2.23.